The molecule has 1 heterocycles. The number of amides is 1. The Hall–Kier alpha value is -3.12. The Morgan fingerprint density at radius 1 is 1.14 bits per heavy atom. The van der Waals surface area contributed by atoms with E-state index in [2.05, 4.69) is 22.6 Å². The number of anilines is 1. The molecule has 0 spiro atoms. The van der Waals surface area contributed by atoms with Gasteiger partial charge in [0.25, 0.3) is 0 Å². The van der Waals surface area contributed by atoms with Crippen molar-refractivity contribution in [3.05, 3.63) is 76.5 Å². The molecule has 3 aromatic rings. The summed E-state index contributed by atoms with van der Waals surface area (Å²) in [4.78, 5) is 15.2. The fourth-order valence-electron chi connectivity index (χ4n) is 3.69. The molecule has 1 N–H and O–H groups in total. The maximum atomic E-state index is 13.1. The van der Waals surface area contributed by atoms with Crippen molar-refractivity contribution in [2.24, 2.45) is 0 Å². The van der Waals surface area contributed by atoms with Gasteiger partial charge in [0.15, 0.2) is 5.82 Å². The van der Waals surface area contributed by atoms with E-state index in [1.807, 2.05) is 56.1 Å². The summed E-state index contributed by atoms with van der Waals surface area (Å²) in [6.45, 7) is 6.46. The van der Waals surface area contributed by atoms with E-state index in [1.165, 1.54) is 0 Å². The lowest BCUT2D eigenvalue weighted by Crippen LogP contribution is -2.34. The summed E-state index contributed by atoms with van der Waals surface area (Å²) in [6, 6.07) is 15.2. The maximum absolute atomic E-state index is 13.1. The third kappa shape index (κ3) is 4.84. The zero-order valence-corrected chi connectivity index (χ0v) is 17.5. The van der Waals surface area contributed by atoms with Crippen LogP contribution in [-0.4, -0.2) is 30.1 Å². The highest BCUT2D eigenvalue weighted by molar-refractivity contribution is 5.94. The summed E-state index contributed by atoms with van der Waals surface area (Å²) < 4.78 is 10.5. The first-order valence-corrected chi connectivity index (χ1v) is 9.52. The van der Waals surface area contributed by atoms with Crippen LogP contribution in [0.2, 0.25) is 0 Å². The smallest absolute Gasteiger partial charge is 0.247 e. The monoisotopic (exact) mass is 393 g/mol. The second kappa shape index (κ2) is 8.92. The van der Waals surface area contributed by atoms with Gasteiger partial charge >= 0.3 is 0 Å². The van der Waals surface area contributed by atoms with E-state index in [0.29, 0.717) is 18.1 Å². The second-order valence-electron chi connectivity index (χ2n) is 7.30. The number of nitrogens with one attached hydrogen (secondary N) is 1. The number of aromatic nitrogens is 1. The molecule has 3 rings (SSSR count). The van der Waals surface area contributed by atoms with Gasteiger partial charge < -0.3 is 14.6 Å². The van der Waals surface area contributed by atoms with E-state index in [4.69, 9.17) is 9.26 Å². The minimum Gasteiger partial charge on any atom is -0.496 e. The van der Waals surface area contributed by atoms with Crippen molar-refractivity contribution >= 4 is 11.7 Å². The third-order valence-corrected chi connectivity index (χ3v) is 4.84. The summed E-state index contributed by atoms with van der Waals surface area (Å²) in [5, 5.41) is 6.74. The first-order valence-electron chi connectivity index (χ1n) is 9.52. The van der Waals surface area contributed by atoms with Crippen LogP contribution >= 0.6 is 0 Å². The van der Waals surface area contributed by atoms with Crippen LogP contribution < -0.4 is 10.1 Å². The molecule has 0 fully saturated rings. The van der Waals surface area contributed by atoms with Crippen LogP contribution in [0.3, 0.4) is 0 Å². The highest BCUT2D eigenvalue weighted by Crippen LogP contribution is 2.27. The molecular weight excluding hydrogens is 366 g/mol. The molecule has 2 aromatic carbocycles. The lowest BCUT2D eigenvalue weighted by atomic mass is 10.0. The van der Waals surface area contributed by atoms with Crippen molar-refractivity contribution in [1.29, 1.82) is 0 Å². The Bertz CT molecular complexity index is 959. The number of nitrogens with zero attached hydrogens (tertiary/aromatic N) is 2. The van der Waals surface area contributed by atoms with E-state index >= 15 is 0 Å². The number of carbonyl (C=O) groups excluding carboxylic acids is 1. The van der Waals surface area contributed by atoms with E-state index in [9.17, 15) is 4.79 Å². The van der Waals surface area contributed by atoms with Gasteiger partial charge in [0.2, 0.25) is 5.91 Å². The van der Waals surface area contributed by atoms with Crippen molar-refractivity contribution in [2.45, 2.75) is 33.4 Å². The van der Waals surface area contributed by atoms with Gasteiger partial charge in [0.1, 0.15) is 17.6 Å². The predicted molar refractivity (Wildman–Crippen MR) is 113 cm³/mol. The number of carbonyl (C=O) groups is 1. The summed E-state index contributed by atoms with van der Waals surface area (Å²) >= 11 is 0. The molecule has 0 aliphatic rings. The van der Waals surface area contributed by atoms with Gasteiger partial charge in [-0.05, 0) is 50.1 Å². The van der Waals surface area contributed by atoms with Gasteiger partial charge in [-0.2, -0.15) is 0 Å². The first kappa shape index (κ1) is 20.6. The number of rotatable bonds is 7. The minimum atomic E-state index is -0.476. The van der Waals surface area contributed by atoms with Crippen LogP contribution in [0.25, 0.3) is 0 Å². The highest BCUT2D eigenvalue weighted by Gasteiger charge is 2.26. The quantitative estimate of drug-likeness (QED) is 0.644. The molecule has 0 bridgehead atoms. The summed E-state index contributed by atoms with van der Waals surface area (Å²) in [5.41, 5.74) is 4.19. The number of aryl methyl sites for hydroxylation is 3. The Labute approximate surface area is 171 Å². The van der Waals surface area contributed by atoms with Crippen molar-refractivity contribution in [1.82, 2.24) is 10.1 Å². The van der Waals surface area contributed by atoms with Crippen molar-refractivity contribution < 1.29 is 14.1 Å². The Morgan fingerprint density at radius 2 is 1.79 bits per heavy atom. The average Bonchev–Trinajstić information content (AvgIpc) is 3.07. The van der Waals surface area contributed by atoms with Gasteiger partial charge in [-0.25, -0.2) is 0 Å². The zero-order chi connectivity index (χ0) is 21.0. The first-order chi connectivity index (χ1) is 13.9. The van der Waals surface area contributed by atoms with Crippen molar-refractivity contribution in [2.75, 3.05) is 19.5 Å². The molecule has 0 saturated carbocycles. The number of likely N-dealkylation sites (N-methyl/N-ethyl adjacent to an activating group) is 1. The summed E-state index contributed by atoms with van der Waals surface area (Å²) in [5.74, 6) is 1.80. The van der Waals surface area contributed by atoms with Crippen molar-refractivity contribution in [3.8, 4) is 5.75 Å². The average molecular weight is 393 g/mol. The number of benzene rings is 2. The molecular formula is C23H27N3O3. The zero-order valence-electron chi connectivity index (χ0n) is 17.5. The van der Waals surface area contributed by atoms with Crippen LogP contribution in [0, 0.1) is 20.8 Å². The van der Waals surface area contributed by atoms with Crippen LogP contribution in [0.1, 0.15) is 34.1 Å². The van der Waals surface area contributed by atoms with Crippen LogP contribution in [-0.2, 0) is 11.3 Å². The molecule has 152 valence electrons. The largest absolute Gasteiger partial charge is 0.496 e. The van der Waals surface area contributed by atoms with E-state index in [-0.39, 0.29) is 5.91 Å². The van der Waals surface area contributed by atoms with Crippen molar-refractivity contribution in [3.63, 3.8) is 0 Å². The number of methoxy groups -OCH3 is 1. The fraction of sp³-hybridized carbons (Fsp3) is 0.304. The number of ether oxygens (including phenoxy) is 1. The molecule has 6 heteroatoms. The molecule has 1 atom stereocenters. The lowest BCUT2D eigenvalue weighted by molar-refractivity contribution is -0.121. The predicted octanol–water partition coefficient (Wildman–Crippen LogP) is 4.42. The van der Waals surface area contributed by atoms with Crippen LogP contribution in [0.15, 0.2) is 53.1 Å². The van der Waals surface area contributed by atoms with Gasteiger partial charge in [-0.15, -0.1) is 0 Å². The van der Waals surface area contributed by atoms with E-state index in [1.54, 1.807) is 20.1 Å². The molecule has 1 amide bonds. The van der Waals surface area contributed by atoms with Crippen LogP contribution in [0.4, 0.5) is 5.82 Å². The lowest BCUT2D eigenvalue weighted by Gasteiger charge is -2.27. The number of hydrogen-bond donors (Lipinski definition) is 1. The fourth-order valence-corrected chi connectivity index (χ4v) is 3.69. The van der Waals surface area contributed by atoms with E-state index < -0.39 is 6.04 Å². The molecule has 29 heavy (non-hydrogen) atoms. The minimum absolute atomic E-state index is 0.158. The Morgan fingerprint density at radius 3 is 2.34 bits per heavy atom. The standard InChI is InChI=1S/C23H27N3O3/c1-15-11-18(12-16(2)22(15)28-5)14-26(4)21(19-9-7-6-8-10-19)23(27)24-20-13-17(3)29-25-20/h6-13,21H,14H2,1-5H3,(H,24,25,27). The third-order valence-electron chi connectivity index (χ3n) is 4.84. The molecule has 0 radical (unpaired) electrons. The Balaban J connectivity index is 1.86. The van der Waals surface area contributed by atoms with Gasteiger partial charge in [-0.1, -0.05) is 47.6 Å². The maximum Gasteiger partial charge on any atom is 0.247 e. The second-order valence-corrected chi connectivity index (χ2v) is 7.30. The molecule has 6 nitrogen and oxygen atoms in total. The molecule has 1 aromatic heterocycles. The normalized spacial score (nSPS) is 12.1. The van der Waals surface area contributed by atoms with Gasteiger partial charge in [0, 0.05) is 12.6 Å². The SMILES string of the molecule is COc1c(C)cc(CN(C)C(C(=O)Nc2cc(C)on2)c2ccccc2)cc1C. The topological polar surface area (TPSA) is 67.6 Å². The molecule has 0 saturated heterocycles. The molecule has 0 aliphatic carbocycles. The summed E-state index contributed by atoms with van der Waals surface area (Å²) in [6.07, 6.45) is 0. The Kier molecular flexibility index (Phi) is 6.34. The van der Waals surface area contributed by atoms with E-state index in [0.717, 1.165) is 28.0 Å². The number of hydrogen-bond acceptors (Lipinski definition) is 5. The van der Waals surface area contributed by atoms with Gasteiger partial charge in [-0.3, -0.25) is 9.69 Å². The molecule has 1 unspecified atom stereocenters. The van der Waals surface area contributed by atoms with Crippen LogP contribution in [0.5, 0.6) is 5.75 Å². The highest BCUT2D eigenvalue weighted by atomic mass is 16.5. The molecule has 0 aliphatic heterocycles. The van der Waals surface area contributed by atoms with Gasteiger partial charge in [0.05, 0.1) is 7.11 Å². The summed E-state index contributed by atoms with van der Waals surface area (Å²) in [7, 11) is 3.63.